The van der Waals surface area contributed by atoms with Crippen LogP contribution in [0.4, 0.5) is 49.6 Å². The number of benzene rings is 1. The number of halogens is 10. The molecular formula is C54H63F10N9O5Os-2. The van der Waals surface area contributed by atoms with Crippen molar-refractivity contribution < 1.29 is 85.9 Å². The number of esters is 1. The molecule has 0 unspecified atom stereocenters. The Balaban J connectivity index is 1.30. The van der Waals surface area contributed by atoms with Crippen molar-refractivity contribution in [3.63, 3.8) is 0 Å². The predicted molar refractivity (Wildman–Crippen MR) is 271 cm³/mol. The average Bonchev–Trinajstić information content (AvgIpc) is 3.85. The molecule has 4 aliphatic rings. The number of nitrogens with zero attached hydrogens (tertiary/aromatic N) is 7. The van der Waals surface area contributed by atoms with Gasteiger partial charge in [-0.2, -0.15) is 26.3 Å². The van der Waals surface area contributed by atoms with Crippen LogP contribution in [0, 0.1) is 47.4 Å². The van der Waals surface area contributed by atoms with Gasteiger partial charge in [0.25, 0.3) is 0 Å². The molecule has 2 amide bonds. The van der Waals surface area contributed by atoms with Gasteiger partial charge in [0.05, 0.1) is 30.2 Å². The maximum atomic E-state index is 16.7. The Morgan fingerprint density at radius 1 is 1.01 bits per heavy atom. The zero-order valence-corrected chi connectivity index (χ0v) is 47.2. The summed E-state index contributed by atoms with van der Waals surface area (Å²) >= 11 is 1.39. The number of fused-ring (bicyclic) bond motifs is 3. The minimum absolute atomic E-state index is 0.0150. The number of methoxy groups -OCH3 is 1. The Morgan fingerprint density at radius 2 is 1.68 bits per heavy atom. The number of aliphatic imine (C=N–C) groups is 1. The molecule has 79 heavy (non-hydrogen) atoms. The third-order valence-corrected chi connectivity index (χ3v) is 15.7. The number of hydrazine groups is 1. The number of hydrogen-bond donors (Lipinski definition) is 2. The fourth-order valence-corrected chi connectivity index (χ4v) is 12.3. The van der Waals surface area contributed by atoms with Gasteiger partial charge in [0.2, 0.25) is 0 Å². The van der Waals surface area contributed by atoms with Gasteiger partial charge in [-0.15, -0.1) is 0 Å². The predicted octanol–water partition coefficient (Wildman–Crippen LogP) is 8.24. The van der Waals surface area contributed by atoms with E-state index in [1.165, 1.54) is 58.2 Å². The maximum absolute atomic E-state index is 16.7. The summed E-state index contributed by atoms with van der Waals surface area (Å²) in [5.74, 6) is -0.605. The van der Waals surface area contributed by atoms with Crippen molar-refractivity contribution in [2.24, 2.45) is 28.2 Å². The molecule has 7 rings (SSSR count). The van der Waals surface area contributed by atoms with Gasteiger partial charge < -0.3 is 9.64 Å². The molecule has 3 fully saturated rings. The molecule has 3 aromatic rings. The molecule has 434 valence electrons. The van der Waals surface area contributed by atoms with E-state index in [-0.39, 0.29) is 122 Å². The van der Waals surface area contributed by atoms with Gasteiger partial charge in [-0.1, -0.05) is 0 Å². The number of aromatic nitrogens is 2. The number of pyridine rings is 1. The van der Waals surface area contributed by atoms with E-state index in [1.807, 2.05) is 13.8 Å². The van der Waals surface area contributed by atoms with Gasteiger partial charge in [0, 0.05) is 38.9 Å². The van der Waals surface area contributed by atoms with Gasteiger partial charge >= 0.3 is 329 Å². The second-order valence-electron chi connectivity index (χ2n) is 21.7. The second-order valence-corrected chi connectivity index (χ2v) is 23.1. The Hall–Kier alpha value is -5.26. The third kappa shape index (κ3) is 15.2. The molecule has 4 bridgehead atoms. The van der Waals surface area contributed by atoms with Crippen molar-refractivity contribution in [3.8, 4) is 23.1 Å². The first kappa shape index (κ1) is 61.4. The number of cyclic esters (lactones) is 1. The van der Waals surface area contributed by atoms with Crippen LogP contribution in [-0.4, -0.2) is 149 Å². The van der Waals surface area contributed by atoms with Crippen molar-refractivity contribution >= 4 is 50.5 Å². The van der Waals surface area contributed by atoms with Crippen molar-refractivity contribution in [1.29, 1.82) is 0 Å². The molecule has 1 saturated carbocycles. The zero-order valence-electron chi connectivity index (χ0n) is 44.6. The molecule has 0 radical (unpaired) electrons. The van der Waals surface area contributed by atoms with Crippen LogP contribution in [0.2, 0.25) is 0 Å². The number of likely N-dealkylation sites (N-methyl/N-ethyl adjacent to an activating group) is 1. The van der Waals surface area contributed by atoms with E-state index in [0.717, 1.165) is 10.6 Å². The van der Waals surface area contributed by atoms with Crippen molar-refractivity contribution in [3.05, 3.63) is 53.6 Å². The summed E-state index contributed by atoms with van der Waals surface area (Å²) in [7, 11) is 2.96. The number of alkyl halides is 9. The molecule has 5 heterocycles. The standard InChI is InChI=1S/C54H63F10N9O5.Os/c1-31(2)45(69(7)48(74)35-20-34(21-35)11-13-52(56,57)58)27-66-42-12-14-65-32(3)37-23-38-40(25-51(5,6)30-78-50(76)43-10-9-15-73(68-43)49(42)75)47(72(29-54(62,63)64)44(38)24-41(37)55)39-22-36(26-67-46(39)33(4)77-8)71-18-16-70(17-19-71)28-53(59,60)61;/h3,22-24,26,31,33-35,42-43,45,66,68H,9-10,12,15-21,25,28-30H2,1-2,4-8H3;/q-2;/t33-,34?,35?,42-,43-,45+;/m0./s1. The molecule has 1 aliphatic carbocycles. The van der Waals surface area contributed by atoms with Crippen LogP contribution < -0.4 is 15.6 Å². The molecule has 3 aliphatic heterocycles. The van der Waals surface area contributed by atoms with Crippen molar-refractivity contribution in [2.75, 3.05) is 64.9 Å². The van der Waals surface area contributed by atoms with Crippen molar-refractivity contribution in [2.45, 2.75) is 122 Å². The van der Waals surface area contributed by atoms with E-state index in [9.17, 15) is 40.7 Å². The molecule has 14 nitrogen and oxygen atoms in total. The SMILES string of the molecule is [CH-]=C1N=[C-]C[C@H](N[C](=[Os])[C@H](C(C)C)N(C)C(=O)C2CC(C#CC(F)(F)F)C2)C(=O)N2CCC[C@H](N2)C(=O)OCC(C)(C)Cc2c(-c3cc(N4CCN(CC(F)(F)F)CC4)cnc3[C@H](C)OC)n(CC(F)(F)F)c3cc(F)c1cc23. The van der Waals surface area contributed by atoms with E-state index >= 15 is 17.6 Å². The number of hydrogen-bond acceptors (Lipinski definition) is 11. The van der Waals surface area contributed by atoms with Crippen LogP contribution in [0.3, 0.4) is 0 Å². The monoisotopic (exact) mass is 1300 g/mol. The van der Waals surface area contributed by atoms with Crippen molar-refractivity contribution in [1.82, 2.24) is 35.1 Å². The summed E-state index contributed by atoms with van der Waals surface area (Å²) in [6, 6.07) is 0.962. The van der Waals surface area contributed by atoms with E-state index in [4.69, 9.17) is 21.0 Å². The number of anilines is 1. The molecule has 2 N–H and O–H groups in total. The number of nitrogens with one attached hydrogen (secondary N) is 2. The number of carbonyl (C=O) groups is 3. The normalized spacial score (nSPS) is 22.7. The van der Waals surface area contributed by atoms with E-state index in [2.05, 4.69) is 27.9 Å². The first-order chi connectivity index (χ1) is 36.8. The van der Waals surface area contributed by atoms with Gasteiger partial charge in [-0.3, -0.25) is 9.88 Å². The fourth-order valence-electron chi connectivity index (χ4n) is 10.5. The van der Waals surface area contributed by atoms with E-state index in [1.54, 1.807) is 38.8 Å². The number of piperazine rings is 1. The summed E-state index contributed by atoms with van der Waals surface area (Å²) in [4.78, 5) is 55.8. The summed E-state index contributed by atoms with van der Waals surface area (Å²) in [5, 5.41) is 4.63. The number of amides is 2. The van der Waals surface area contributed by atoms with E-state index < -0.39 is 96.5 Å². The number of carbonyl (C=O) groups excluding carboxylic acids is 3. The molecule has 0 spiro atoms. The van der Waals surface area contributed by atoms with Crippen LogP contribution in [0.1, 0.15) is 89.6 Å². The van der Waals surface area contributed by atoms with Crippen LogP contribution >= 0.6 is 0 Å². The fraction of sp³-hybridized carbons (Fsp3) is 0.593. The van der Waals surface area contributed by atoms with E-state index in [0.29, 0.717) is 16.3 Å². The number of rotatable bonds is 12. The first-order valence-corrected chi connectivity index (χ1v) is 27.0. The third-order valence-electron chi connectivity index (χ3n) is 14.6. The molecule has 2 saturated heterocycles. The van der Waals surface area contributed by atoms with Gasteiger partial charge in [-0.05, 0) is 13.0 Å². The zero-order chi connectivity index (χ0) is 58.1. The van der Waals surface area contributed by atoms with Crippen LogP contribution in [0.5, 0.6) is 0 Å². The average molecular weight is 1300 g/mol. The van der Waals surface area contributed by atoms with Gasteiger partial charge in [0.1, 0.15) is 6.54 Å². The Bertz CT molecular complexity index is 2880. The molecular weight excluding hydrogens is 1230 g/mol. The topological polar surface area (TPSA) is 137 Å². The summed E-state index contributed by atoms with van der Waals surface area (Å²) in [5.41, 5.74) is 2.01. The molecule has 25 heteroatoms. The Morgan fingerprint density at radius 3 is 2.30 bits per heavy atom. The minimum atomic E-state index is -4.88. The van der Waals surface area contributed by atoms with Crippen LogP contribution in [0.25, 0.3) is 27.9 Å². The second kappa shape index (κ2) is 24.4. The van der Waals surface area contributed by atoms with Crippen LogP contribution in [0.15, 0.2) is 29.4 Å². The first-order valence-electron chi connectivity index (χ1n) is 25.8. The molecule has 4 atom stereocenters. The summed E-state index contributed by atoms with van der Waals surface area (Å²) in [6.45, 7) is 12.9. The molecule has 1 aromatic carbocycles. The number of ether oxygens (including phenoxy) is 2. The van der Waals surface area contributed by atoms with Crippen LogP contribution in [-0.2, 0) is 55.0 Å². The summed E-state index contributed by atoms with van der Waals surface area (Å²) in [6.07, 6.45) is -10.0. The quantitative estimate of drug-likeness (QED) is 0.0791. The summed E-state index contributed by atoms with van der Waals surface area (Å²) < 4.78 is 153. The molecule has 2 aromatic heterocycles. The Kier molecular flexibility index (Phi) is 19.0. The van der Waals surface area contributed by atoms with Gasteiger partial charge in [-0.25, -0.2) is 0 Å². The Labute approximate surface area is 462 Å². The van der Waals surface area contributed by atoms with Gasteiger partial charge in [0.15, 0.2) is 0 Å².